The normalized spacial score (nSPS) is 11.6. The fourth-order valence-electron chi connectivity index (χ4n) is 1.06. The van der Waals surface area contributed by atoms with Crippen molar-refractivity contribution in [2.24, 2.45) is 0 Å². The first kappa shape index (κ1) is 18.8. The minimum atomic E-state index is -0.479. The van der Waals surface area contributed by atoms with Crippen LogP contribution in [0.15, 0.2) is 0 Å². The third-order valence-electron chi connectivity index (χ3n) is 1.69. The Morgan fingerprint density at radius 3 is 1.84 bits per heavy atom. The summed E-state index contributed by atoms with van der Waals surface area (Å²) in [6.45, 7) is 8.16. The van der Waals surface area contributed by atoms with Crippen LogP contribution in [0.1, 0.15) is 20.8 Å². The molecule has 0 unspecified atom stereocenters. The zero-order valence-corrected chi connectivity index (χ0v) is 13.4. The second-order valence-electron chi connectivity index (χ2n) is 4.68. The molecule has 0 aliphatic heterocycles. The van der Waals surface area contributed by atoms with Crippen LogP contribution < -0.4 is 0 Å². The zero-order chi connectivity index (χ0) is 14.6. The lowest BCUT2D eigenvalue weighted by Gasteiger charge is -2.19. The van der Waals surface area contributed by atoms with Crippen molar-refractivity contribution in [2.45, 2.75) is 26.4 Å². The molecule has 0 aromatic rings. The van der Waals surface area contributed by atoms with Crippen LogP contribution in [0.3, 0.4) is 0 Å². The molecule has 0 radical (unpaired) electrons. The van der Waals surface area contributed by atoms with E-state index in [0.29, 0.717) is 39.6 Å². The predicted octanol–water partition coefficient (Wildman–Crippen LogP) is 1.70. The van der Waals surface area contributed by atoms with E-state index in [1.807, 2.05) is 20.8 Å². The van der Waals surface area contributed by atoms with E-state index in [-0.39, 0.29) is 12.6 Å². The highest BCUT2D eigenvalue weighted by Gasteiger charge is 2.15. The van der Waals surface area contributed by atoms with Crippen LogP contribution in [-0.4, -0.2) is 57.8 Å². The summed E-state index contributed by atoms with van der Waals surface area (Å²) >= 11 is 2.82. The molecule has 0 aliphatic carbocycles. The molecule has 0 saturated heterocycles. The van der Waals surface area contributed by atoms with Gasteiger partial charge in [-0.3, -0.25) is 0 Å². The molecule has 0 spiro atoms. The van der Waals surface area contributed by atoms with E-state index < -0.39 is 5.60 Å². The molecular weight excluding hydrogens is 320 g/mol. The van der Waals surface area contributed by atoms with Crippen LogP contribution in [0.2, 0.25) is 0 Å². The summed E-state index contributed by atoms with van der Waals surface area (Å²) in [4.78, 5) is 11.3. The third kappa shape index (κ3) is 15.7. The highest BCUT2D eigenvalue weighted by atomic mass is 79.9. The summed E-state index contributed by atoms with van der Waals surface area (Å²) in [5.41, 5.74) is -0.479. The Bertz CT molecular complexity index is 229. The van der Waals surface area contributed by atoms with Gasteiger partial charge < -0.3 is 22.8 Å². The fourth-order valence-corrected chi connectivity index (χ4v) is 1.19. The molecule has 114 valence electrons. The van der Waals surface area contributed by atoms with Crippen molar-refractivity contribution in [2.75, 3.05) is 46.2 Å². The summed E-state index contributed by atoms with van der Waals surface area (Å²) in [6.07, 6.45) is 0. The van der Waals surface area contributed by atoms with Gasteiger partial charge in [-0.1, -0.05) is 0 Å². The summed E-state index contributed by atoms with van der Waals surface area (Å²) in [6, 6.07) is 0. The standard InChI is InChI=1S/C12H23BrO6/c1-12(2,3)19-11(14)10-17-7-6-15-4-5-16-8-9-18-13/h4-10H2,1-3H3. The summed E-state index contributed by atoms with van der Waals surface area (Å²) < 4.78 is 25.3. The van der Waals surface area contributed by atoms with E-state index >= 15 is 0 Å². The first-order chi connectivity index (χ1) is 8.95. The fraction of sp³-hybridized carbons (Fsp3) is 0.917. The summed E-state index contributed by atoms with van der Waals surface area (Å²) in [5.74, 6) is -0.370. The highest BCUT2D eigenvalue weighted by Crippen LogP contribution is 2.06. The van der Waals surface area contributed by atoms with Gasteiger partial charge in [-0.05, 0) is 20.8 Å². The van der Waals surface area contributed by atoms with Crippen molar-refractivity contribution in [1.82, 2.24) is 0 Å². The molecule has 0 aromatic heterocycles. The maximum atomic E-state index is 11.3. The zero-order valence-electron chi connectivity index (χ0n) is 11.8. The number of ether oxygens (including phenoxy) is 4. The second-order valence-corrected chi connectivity index (χ2v) is 5.13. The molecule has 0 bridgehead atoms. The Hall–Kier alpha value is -0.210. The number of carbonyl (C=O) groups is 1. The molecule has 0 saturated carbocycles. The van der Waals surface area contributed by atoms with E-state index in [4.69, 9.17) is 18.9 Å². The lowest BCUT2D eigenvalue weighted by atomic mass is 10.2. The summed E-state index contributed by atoms with van der Waals surface area (Å²) in [7, 11) is 0. The van der Waals surface area contributed by atoms with E-state index in [2.05, 4.69) is 20.1 Å². The Balaban J connectivity index is 3.21. The Kier molecular flexibility index (Phi) is 11.5. The van der Waals surface area contributed by atoms with Gasteiger partial charge in [-0.25, -0.2) is 4.79 Å². The van der Waals surface area contributed by atoms with Crippen LogP contribution >= 0.6 is 16.3 Å². The van der Waals surface area contributed by atoms with Crippen LogP contribution in [0.25, 0.3) is 0 Å². The van der Waals surface area contributed by atoms with Crippen molar-refractivity contribution in [1.29, 1.82) is 0 Å². The maximum absolute atomic E-state index is 11.3. The van der Waals surface area contributed by atoms with Gasteiger partial charge >= 0.3 is 5.97 Å². The number of halogens is 1. The molecule has 0 aliphatic rings. The lowest BCUT2D eigenvalue weighted by Crippen LogP contribution is -2.27. The first-order valence-corrected chi connectivity index (χ1v) is 6.79. The van der Waals surface area contributed by atoms with Gasteiger partial charge in [0.25, 0.3) is 0 Å². The average Bonchev–Trinajstić information content (AvgIpc) is 2.29. The smallest absolute Gasteiger partial charge is 0.332 e. The monoisotopic (exact) mass is 342 g/mol. The molecule has 0 amide bonds. The minimum absolute atomic E-state index is 0.0558. The predicted molar refractivity (Wildman–Crippen MR) is 73.2 cm³/mol. The van der Waals surface area contributed by atoms with Gasteiger partial charge in [0.05, 0.1) is 55.9 Å². The first-order valence-electron chi connectivity index (χ1n) is 6.14. The van der Waals surface area contributed by atoms with Crippen molar-refractivity contribution < 1.29 is 27.6 Å². The van der Waals surface area contributed by atoms with Crippen LogP contribution in [0, 0.1) is 0 Å². The molecule has 7 heteroatoms. The Morgan fingerprint density at radius 1 is 0.895 bits per heavy atom. The number of esters is 1. The maximum Gasteiger partial charge on any atom is 0.332 e. The molecule has 0 heterocycles. The van der Waals surface area contributed by atoms with E-state index in [1.165, 1.54) is 0 Å². The molecule has 0 rings (SSSR count). The Morgan fingerprint density at radius 2 is 1.37 bits per heavy atom. The van der Waals surface area contributed by atoms with Gasteiger partial charge in [0.2, 0.25) is 0 Å². The van der Waals surface area contributed by atoms with Crippen molar-refractivity contribution in [3.05, 3.63) is 0 Å². The minimum Gasteiger partial charge on any atom is -0.458 e. The van der Waals surface area contributed by atoms with Crippen molar-refractivity contribution in [3.8, 4) is 0 Å². The molecule has 0 N–H and O–H groups in total. The number of rotatable bonds is 11. The average molecular weight is 343 g/mol. The molecule has 6 nitrogen and oxygen atoms in total. The molecule has 0 fully saturated rings. The number of carbonyl (C=O) groups excluding carboxylic acids is 1. The SMILES string of the molecule is CC(C)(C)OC(=O)COCCOCCOCCOBr. The van der Waals surface area contributed by atoms with Crippen molar-refractivity contribution in [3.63, 3.8) is 0 Å². The number of hydrogen-bond donors (Lipinski definition) is 0. The van der Waals surface area contributed by atoms with Crippen LogP contribution in [-0.2, 0) is 27.6 Å². The van der Waals surface area contributed by atoms with E-state index in [0.717, 1.165) is 0 Å². The summed E-state index contributed by atoms with van der Waals surface area (Å²) in [5, 5.41) is 0. The van der Waals surface area contributed by atoms with E-state index in [1.54, 1.807) is 0 Å². The quantitative estimate of drug-likeness (QED) is 0.420. The van der Waals surface area contributed by atoms with Crippen molar-refractivity contribution >= 4 is 22.2 Å². The molecular formula is C12H23BrO6. The van der Waals surface area contributed by atoms with Gasteiger partial charge in [-0.15, -0.1) is 0 Å². The largest absolute Gasteiger partial charge is 0.458 e. The van der Waals surface area contributed by atoms with Crippen LogP contribution in [0.4, 0.5) is 0 Å². The molecule has 0 atom stereocenters. The molecule has 19 heavy (non-hydrogen) atoms. The topological polar surface area (TPSA) is 63.2 Å². The van der Waals surface area contributed by atoms with E-state index in [9.17, 15) is 4.79 Å². The van der Waals surface area contributed by atoms with Gasteiger partial charge in [-0.2, -0.15) is 0 Å². The van der Waals surface area contributed by atoms with Gasteiger partial charge in [0, 0.05) is 0 Å². The Labute approximate surface area is 123 Å². The second kappa shape index (κ2) is 11.6. The lowest BCUT2D eigenvalue weighted by molar-refractivity contribution is -0.160. The third-order valence-corrected chi connectivity index (χ3v) is 2.01. The van der Waals surface area contributed by atoms with Gasteiger partial charge in [0.15, 0.2) is 0 Å². The molecule has 0 aromatic carbocycles. The highest BCUT2D eigenvalue weighted by molar-refractivity contribution is 9.06. The number of hydrogen-bond acceptors (Lipinski definition) is 6. The van der Waals surface area contributed by atoms with Crippen LogP contribution in [0.5, 0.6) is 0 Å². The van der Waals surface area contributed by atoms with Gasteiger partial charge in [0.1, 0.15) is 12.2 Å².